The van der Waals surface area contributed by atoms with Crippen LogP contribution in [0.1, 0.15) is 16.9 Å². The molecule has 1 aliphatic rings. The van der Waals surface area contributed by atoms with Crippen molar-refractivity contribution in [3.8, 4) is 0 Å². The molecular weight excluding hydrogens is 545 g/mol. The Kier molecular flexibility index (Phi) is 5.43. The topological polar surface area (TPSA) is 28.4 Å². The molecule has 3 heterocycles. The van der Waals surface area contributed by atoms with E-state index in [0.717, 1.165) is 50.3 Å². The average molecular weight is 571 g/mol. The molecule has 2 aromatic heterocycles. The van der Waals surface area contributed by atoms with Gasteiger partial charge in [-0.15, -0.1) is 11.3 Å². The SMILES string of the molecule is C1=C(c2ccc(N(c3ccccc3)c3ccc4sc5ccccc5c4c3)cc2)c2c(oc3c2ccc2ccccc23)CN1. The van der Waals surface area contributed by atoms with Crippen LogP contribution in [0.5, 0.6) is 0 Å². The Bertz CT molecular complexity index is 2350. The maximum absolute atomic E-state index is 6.48. The molecule has 1 aliphatic heterocycles. The summed E-state index contributed by atoms with van der Waals surface area (Å²) in [4.78, 5) is 2.34. The highest BCUT2D eigenvalue weighted by atomic mass is 32.1. The predicted molar refractivity (Wildman–Crippen MR) is 182 cm³/mol. The van der Waals surface area contributed by atoms with Gasteiger partial charge in [0, 0.05) is 65.3 Å². The molecule has 3 nitrogen and oxygen atoms in total. The molecule has 6 aromatic carbocycles. The minimum absolute atomic E-state index is 0.682. The van der Waals surface area contributed by atoms with E-state index in [-0.39, 0.29) is 0 Å². The van der Waals surface area contributed by atoms with Crippen molar-refractivity contribution < 1.29 is 4.42 Å². The number of para-hydroxylation sites is 1. The van der Waals surface area contributed by atoms with E-state index in [1.54, 1.807) is 0 Å². The zero-order chi connectivity index (χ0) is 28.3. The maximum Gasteiger partial charge on any atom is 0.142 e. The lowest BCUT2D eigenvalue weighted by Gasteiger charge is -2.26. The summed E-state index contributed by atoms with van der Waals surface area (Å²) >= 11 is 1.85. The summed E-state index contributed by atoms with van der Waals surface area (Å²) in [7, 11) is 0. The summed E-state index contributed by atoms with van der Waals surface area (Å²) in [6.45, 7) is 0.682. The van der Waals surface area contributed by atoms with Crippen molar-refractivity contribution in [2.75, 3.05) is 4.90 Å². The zero-order valence-corrected chi connectivity index (χ0v) is 24.1. The minimum atomic E-state index is 0.682. The van der Waals surface area contributed by atoms with Crippen LogP contribution in [0.3, 0.4) is 0 Å². The number of nitrogens with one attached hydrogen (secondary N) is 1. The van der Waals surface area contributed by atoms with Crippen molar-refractivity contribution in [3.63, 3.8) is 0 Å². The fourth-order valence-electron chi connectivity index (χ4n) is 6.51. The summed E-state index contributed by atoms with van der Waals surface area (Å²) in [5.41, 5.74) is 7.83. The molecule has 43 heavy (non-hydrogen) atoms. The van der Waals surface area contributed by atoms with Crippen LogP contribution in [0.4, 0.5) is 17.1 Å². The van der Waals surface area contributed by atoms with E-state index in [0.29, 0.717) is 6.54 Å². The first-order valence-corrected chi connectivity index (χ1v) is 15.4. The molecule has 0 amide bonds. The van der Waals surface area contributed by atoms with Gasteiger partial charge in [0.25, 0.3) is 0 Å². The van der Waals surface area contributed by atoms with E-state index in [4.69, 9.17) is 4.42 Å². The lowest BCUT2D eigenvalue weighted by molar-refractivity contribution is 0.534. The lowest BCUT2D eigenvalue weighted by atomic mass is 9.93. The monoisotopic (exact) mass is 570 g/mol. The van der Waals surface area contributed by atoms with Crippen molar-refractivity contribution in [2.24, 2.45) is 0 Å². The third-order valence-corrected chi connectivity index (χ3v) is 9.65. The van der Waals surface area contributed by atoms with Gasteiger partial charge in [-0.1, -0.05) is 78.9 Å². The van der Waals surface area contributed by atoms with Gasteiger partial charge in [0.15, 0.2) is 0 Å². The van der Waals surface area contributed by atoms with Gasteiger partial charge >= 0.3 is 0 Å². The molecule has 204 valence electrons. The minimum Gasteiger partial charge on any atom is -0.458 e. The number of fused-ring (bicyclic) bond motifs is 8. The van der Waals surface area contributed by atoms with Gasteiger partial charge in [-0.3, -0.25) is 0 Å². The van der Waals surface area contributed by atoms with Crippen molar-refractivity contribution in [1.29, 1.82) is 0 Å². The molecule has 0 saturated carbocycles. The lowest BCUT2D eigenvalue weighted by Crippen LogP contribution is -2.13. The van der Waals surface area contributed by atoms with E-state index in [9.17, 15) is 0 Å². The first-order chi connectivity index (χ1) is 21.3. The highest BCUT2D eigenvalue weighted by molar-refractivity contribution is 7.25. The number of thiophene rings is 1. The average Bonchev–Trinajstić information content (AvgIpc) is 3.64. The van der Waals surface area contributed by atoms with Gasteiger partial charge in [0.05, 0.1) is 6.54 Å². The number of rotatable bonds is 4. The Morgan fingerprint density at radius 3 is 2.19 bits per heavy atom. The van der Waals surface area contributed by atoms with Gasteiger partial charge in [-0.2, -0.15) is 0 Å². The molecular formula is C39H26N2OS. The normalized spacial score (nSPS) is 12.9. The molecule has 9 rings (SSSR count). The van der Waals surface area contributed by atoms with Gasteiger partial charge < -0.3 is 14.6 Å². The van der Waals surface area contributed by atoms with Gasteiger partial charge in [-0.25, -0.2) is 0 Å². The number of furan rings is 1. The second-order valence-electron chi connectivity index (χ2n) is 11.0. The molecule has 0 bridgehead atoms. The van der Waals surface area contributed by atoms with Crippen molar-refractivity contribution in [3.05, 3.63) is 157 Å². The van der Waals surface area contributed by atoms with Crippen LogP contribution in [0.15, 0.2) is 144 Å². The van der Waals surface area contributed by atoms with E-state index in [1.165, 1.54) is 31.1 Å². The number of hydrogen-bond donors (Lipinski definition) is 1. The Balaban J connectivity index is 1.15. The highest BCUT2D eigenvalue weighted by Crippen LogP contribution is 2.43. The second kappa shape index (κ2) is 9.62. The largest absolute Gasteiger partial charge is 0.458 e. The summed E-state index contributed by atoms with van der Waals surface area (Å²) in [5, 5.41) is 9.55. The number of anilines is 3. The Morgan fingerprint density at radius 2 is 1.30 bits per heavy atom. The van der Waals surface area contributed by atoms with E-state index >= 15 is 0 Å². The maximum atomic E-state index is 6.48. The Morgan fingerprint density at radius 1 is 0.581 bits per heavy atom. The van der Waals surface area contributed by atoms with Crippen LogP contribution in [0.2, 0.25) is 0 Å². The van der Waals surface area contributed by atoms with Crippen molar-refractivity contribution >= 4 is 75.9 Å². The third-order valence-electron chi connectivity index (χ3n) is 8.50. The number of benzene rings is 6. The zero-order valence-electron chi connectivity index (χ0n) is 23.2. The molecule has 1 N–H and O–H groups in total. The molecule has 0 radical (unpaired) electrons. The fourth-order valence-corrected chi connectivity index (χ4v) is 7.59. The molecule has 0 fully saturated rings. The van der Waals surface area contributed by atoms with Crippen molar-refractivity contribution in [1.82, 2.24) is 5.32 Å². The summed E-state index contributed by atoms with van der Waals surface area (Å²) in [6, 6.07) is 47.9. The molecule has 0 spiro atoms. The van der Waals surface area contributed by atoms with Crippen LogP contribution >= 0.6 is 11.3 Å². The molecule has 0 atom stereocenters. The van der Waals surface area contributed by atoms with Crippen LogP contribution in [0.25, 0.3) is 47.5 Å². The first kappa shape index (κ1) is 24.3. The summed E-state index contributed by atoms with van der Waals surface area (Å²) in [6.07, 6.45) is 2.13. The molecule has 0 saturated heterocycles. The molecule has 0 unspecified atom stereocenters. The van der Waals surface area contributed by atoms with Crippen LogP contribution in [-0.4, -0.2) is 0 Å². The smallest absolute Gasteiger partial charge is 0.142 e. The Labute approximate surface area is 252 Å². The van der Waals surface area contributed by atoms with E-state index in [1.807, 2.05) is 11.3 Å². The quantitative estimate of drug-likeness (QED) is 0.228. The number of hydrogen-bond acceptors (Lipinski definition) is 4. The van der Waals surface area contributed by atoms with Gasteiger partial charge in [0.1, 0.15) is 11.3 Å². The van der Waals surface area contributed by atoms with E-state index < -0.39 is 0 Å². The van der Waals surface area contributed by atoms with Gasteiger partial charge in [-0.05, 0) is 65.5 Å². The molecule has 0 aliphatic carbocycles. The fraction of sp³-hybridized carbons (Fsp3) is 0.0256. The van der Waals surface area contributed by atoms with Crippen LogP contribution in [-0.2, 0) is 6.54 Å². The Hall–Kier alpha value is -5.32. The molecule has 4 heteroatoms. The van der Waals surface area contributed by atoms with Crippen LogP contribution in [0, 0.1) is 0 Å². The van der Waals surface area contributed by atoms with Gasteiger partial charge in [0.2, 0.25) is 0 Å². The summed E-state index contributed by atoms with van der Waals surface area (Å²) in [5.74, 6) is 0.982. The van der Waals surface area contributed by atoms with Crippen LogP contribution < -0.4 is 10.2 Å². The molecule has 8 aromatic rings. The van der Waals surface area contributed by atoms with Crippen molar-refractivity contribution in [2.45, 2.75) is 6.54 Å². The summed E-state index contributed by atoms with van der Waals surface area (Å²) < 4.78 is 9.11. The number of nitrogens with zero attached hydrogens (tertiary/aromatic N) is 1. The standard InChI is InChI=1S/C39H26N2OS/c1-2-9-27(10-3-1)41(29-19-21-37-33(22-29)31-12-6-7-13-36(31)43-37)28-17-14-26(15-18-28)34-23-40-24-35-38(34)32-20-16-25-8-4-5-11-30(25)39(32)42-35/h1-23,40H,24H2. The third kappa shape index (κ3) is 3.88. The predicted octanol–water partition coefficient (Wildman–Crippen LogP) is 10.9. The van der Waals surface area contributed by atoms with E-state index in [2.05, 4.69) is 150 Å². The second-order valence-corrected chi connectivity index (χ2v) is 12.1. The highest BCUT2D eigenvalue weighted by Gasteiger charge is 2.23. The first-order valence-electron chi connectivity index (χ1n) is 14.6.